The average molecular weight is 175 g/mol. The highest BCUT2D eigenvalue weighted by Crippen LogP contribution is 2.09. The topological polar surface area (TPSA) is 47.8 Å². The van der Waals surface area contributed by atoms with Crippen molar-refractivity contribution in [1.82, 2.24) is 14.5 Å². The minimum Gasteiger partial charge on any atom is -0.279 e. The van der Waals surface area contributed by atoms with E-state index in [1.807, 2.05) is 19.1 Å². The summed E-state index contributed by atoms with van der Waals surface area (Å²) in [5.41, 5.74) is 1.15. The Kier molecular flexibility index (Phi) is 1.62. The molecule has 0 amide bonds. The maximum absolute atomic E-state index is 11.3. The van der Waals surface area contributed by atoms with Crippen molar-refractivity contribution in [2.75, 3.05) is 0 Å². The van der Waals surface area contributed by atoms with Crippen LogP contribution in [0.25, 0.3) is 11.0 Å². The van der Waals surface area contributed by atoms with E-state index in [1.54, 1.807) is 13.2 Å². The molecule has 0 saturated carbocycles. The first-order valence-corrected chi connectivity index (χ1v) is 3.98. The summed E-state index contributed by atoms with van der Waals surface area (Å²) in [6, 6.07) is 3.74. The number of nitrogens with zero attached hydrogens (tertiary/aromatic N) is 3. The molecular formula is C9H9N3O. The quantitative estimate of drug-likeness (QED) is 0.590. The molecule has 0 aliphatic carbocycles. The van der Waals surface area contributed by atoms with Gasteiger partial charge in [0.2, 0.25) is 0 Å². The molecule has 4 nitrogen and oxygen atoms in total. The van der Waals surface area contributed by atoms with Gasteiger partial charge in [0, 0.05) is 18.6 Å². The molecule has 66 valence electrons. The van der Waals surface area contributed by atoms with Crippen LogP contribution in [0.3, 0.4) is 0 Å². The van der Waals surface area contributed by atoms with Gasteiger partial charge in [0.25, 0.3) is 0 Å². The molecule has 0 radical (unpaired) electrons. The molecule has 0 bridgehead atoms. The third kappa shape index (κ3) is 1.11. The lowest BCUT2D eigenvalue weighted by Gasteiger charge is -2.03. The molecule has 4 heteroatoms. The molecule has 0 atom stereocenters. The largest absolute Gasteiger partial charge is 0.349 e. The van der Waals surface area contributed by atoms with E-state index in [1.165, 1.54) is 4.57 Å². The van der Waals surface area contributed by atoms with Crippen LogP contribution in [0.4, 0.5) is 0 Å². The molecule has 0 aromatic carbocycles. The van der Waals surface area contributed by atoms with Crippen LogP contribution in [0.2, 0.25) is 0 Å². The van der Waals surface area contributed by atoms with Crippen molar-refractivity contribution in [3.8, 4) is 0 Å². The van der Waals surface area contributed by atoms with Crippen LogP contribution in [0.15, 0.2) is 23.1 Å². The van der Waals surface area contributed by atoms with E-state index in [0.29, 0.717) is 5.65 Å². The monoisotopic (exact) mass is 175 g/mol. The van der Waals surface area contributed by atoms with Gasteiger partial charge < -0.3 is 0 Å². The predicted octanol–water partition coefficient (Wildman–Crippen LogP) is 0.637. The number of pyridine rings is 1. The zero-order chi connectivity index (χ0) is 9.42. The fourth-order valence-electron chi connectivity index (χ4n) is 1.32. The second kappa shape index (κ2) is 2.65. The van der Waals surface area contributed by atoms with Crippen molar-refractivity contribution in [3.05, 3.63) is 34.5 Å². The third-order valence-corrected chi connectivity index (χ3v) is 2.04. The molecule has 0 fully saturated rings. The number of hydrogen-bond acceptors (Lipinski definition) is 3. The van der Waals surface area contributed by atoms with Crippen molar-refractivity contribution in [2.45, 2.75) is 6.92 Å². The van der Waals surface area contributed by atoms with Gasteiger partial charge >= 0.3 is 5.69 Å². The molecule has 2 rings (SSSR count). The number of hydrogen-bond donors (Lipinski definition) is 0. The summed E-state index contributed by atoms with van der Waals surface area (Å²) >= 11 is 0. The first-order valence-electron chi connectivity index (χ1n) is 3.98. The number of rotatable bonds is 0. The lowest BCUT2D eigenvalue weighted by Crippen LogP contribution is -2.21. The van der Waals surface area contributed by atoms with Crippen LogP contribution >= 0.6 is 0 Å². The minimum absolute atomic E-state index is 0.260. The summed E-state index contributed by atoms with van der Waals surface area (Å²) in [5, 5.41) is 0.921. The van der Waals surface area contributed by atoms with Crippen LogP contribution in [-0.4, -0.2) is 14.5 Å². The molecule has 2 heterocycles. The molecule has 0 unspecified atom stereocenters. The fourth-order valence-corrected chi connectivity index (χ4v) is 1.32. The normalized spacial score (nSPS) is 10.6. The second-order valence-electron chi connectivity index (χ2n) is 2.91. The molecule has 2 aromatic heterocycles. The van der Waals surface area contributed by atoms with Crippen LogP contribution < -0.4 is 5.69 Å². The van der Waals surface area contributed by atoms with Crippen molar-refractivity contribution in [3.63, 3.8) is 0 Å². The van der Waals surface area contributed by atoms with Gasteiger partial charge in [-0.05, 0) is 19.1 Å². The van der Waals surface area contributed by atoms with Crippen molar-refractivity contribution >= 4 is 11.0 Å². The third-order valence-electron chi connectivity index (χ3n) is 2.04. The second-order valence-corrected chi connectivity index (χ2v) is 2.91. The zero-order valence-corrected chi connectivity index (χ0v) is 7.48. The Bertz CT molecular complexity index is 516. The SMILES string of the molecule is Cc1nc(=O)n(C)c2ncccc12. The summed E-state index contributed by atoms with van der Waals surface area (Å²) in [6.07, 6.45) is 1.67. The Hall–Kier alpha value is -1.71. The molecule has 0 saturated heterocycles. The number of fused-ring (bicyclic) bond motifs is 1. The van der Waals surface area contributed by atoms with Crippen LogP contribution in [0.5, 0.6) is 0 Å². The van der Waals surface area contributed by atoms with Crippen molar-refractivity contribution in [1.29, 1.82) is 0 Å². The van der Waals surface area contributed by atoms with Gasteiger partial charge in [-0.2, -0.15) is 4.98 Å². The summed E-state index contributed by atoms with van der Waals surface area (Å²) in [4.78, 5) is 19.3. The Balaban J connectivity index is 3.06. The fraction of sp³-hybridized carbons (Fsp3) is 0.222. The van der Waals surface area contributed by atoms with Crippen LogP contribution in [0, 0.1) is 6.92 Å². The lowest BCUT2D eigenvalue weighted by atomic mass is 10.2. The first-order chi connectivity index (χ1) is 6.20. The minimum atomic E-state index is -0.260. The summed E-state index contributed by atoms with van der Waals surface area (Å²) in [7, 11) is 1.67. The van der Waals surface area contributed by atoms with Crippen molar-refractivity contribution in [2.24, 2.45) is 7.05 Å². The van der Waals surface area contributed by atoms with E-state index in [9.17, 15) is 4.79 Å². The van der Waals surface area contributed by atoms with Gasteiger partial charge in [-0.1, -0.05) is 0 Å². The highest BCUT2D eigenvalue weighted by atomic mass is 16.1. The average Bonchev–Trinajstić information content (AvgIpc) is 2.15. The molecule has 2 aromatic rings. The van der Waals surface area contributed by atoms with E-state index < -0.39 is 0 Å². The Morgan fingerprint density at radius 2 is 2.23 bits per heavy atom. The van der Waals surface area contributed by atoms with Gasteiger partial charge in [-0.3, -0.25) is 4.57 Å². The van der Waals surface area contributed by atoms with E-state index in [4.69, 9.17) is 0 Å². The maximum atomic E-state index is 11.3. The van der Waals surface area contributed by atoms with E-state index in [-0.39, 0.29) is 5.69 Å². The Labute approximate surface area is 74.9 Å². The number of aromatic nitrogens is 3. The molecule has 0 N–H and O–H groups in total. The first kappa shape index (κ1) is 7.91. The molecule has 0 spiro atoms. The van der Waals surface area contributed by atoms with Gasteiger partial charge in [-0.25, -0.2) is 9.78 Å². The lowest BCUT2D eigenvalue weighted by molar-refractivity contribution is 0.828. The predicted molar refractivity (Wildman–Crippen MR) is 49.5 cm³/mol. The Morgan fingerprint density at radius 1 is 1.46 bits per heavy atom. The molecular weight excluding hydrogens is 166 g/mol. The highest BCUT2D eigenvalue weighted by Gasteiger charge is 2.03. The summed E-state index contributed by atoms with van der Waals surface area (Å²) in [6.45, 7) is 1.81. The van der Waals surface area contributed by atoms with Crippen LogP contribution in [-0.2, 0) is 7.05 Å². The van der Waals surface area contributed by atoms with Gasteiger partial charge in [-0.15, -0.1) is 0 Å². The van der Waals surface area contributed by atoms with Gasteiger partial charge in [0.15, 0.2) is 0 Å². The van der Waals surface area contributed by atoms with E-state index in [0.717, 1.165) is 11.1 Å². The van der Waals surface area contributed by atoms with E-state index >= 15 is 0 Å². The Morgan fingerprint density at radius 3 is 3.00 bits per heavy atom. The van der Waals surface area contributed by atoms with Crippen LogP contribution in [0.1, 0.15) is 5.69 Å². The number of aryl methyl sites for hydroxylation is 2. The van der Waals surface area contributed by atoms with Gasteiger partial charge in [0.1, 0.15) is 5.65 Å². The van der Waals surface area contributed by atoms with Crippen molar-refractivity contribution < 1.29 is 0 Å². The molecule has 0 aliphatic rings. The molecule has 13 heavy (non-hydrogen) atoms. The summed E-state index contributed by atoms with van der Waals surface area (Å²) in [5.74, 6) is 0. The maximum Gasteiger partial charge on any atom is 0.349 e. The zero-order valence-electron chi connectivity index (χ0n) is 7.48. The van der Waals surface area contributed by atoms with Gasteiger partial charge in [0.05, 0.1) is 5.69 Å². The van der Waals surface area contributed by atoms with E-state index in [2.05, 4.69) is 9.97 Å². The molecule has 0 aliphatic heterocycles. The standard InChI is InChI=1S/C9H9N3O/c1-6-7-4-3-5-10-8(7)12(2)9(13)11-6/h3-5H,1-2H3. The smallest absolute Gasteiger partial charge is 0.279 e. The summed E-state index contributed by atoms with van der Waals surface area (Å²) < 4.78 is 1.45. The highest BCUT2D eigenvalue weighted by molar-refractivity contribution is 5.76.